The first-order valence-electron chi connectivity index (χ1n) is 5.20. The molecule has 3 nitrogen and oxygen atoms in total. The normalized spacial score (nSPS) is 10.8. The Kier molecular flexibility index (Phi) is 3.16. The van der Waals surface area contributed by atoms with Crippen molar-refractivity contribution in [1.29, 1.82) is 0 Å². The largest absolute Gasteiger partial charge is 0.255 e. The zero-order chi connectivity index (χ0) is 10.7. The molecule has 0 radical (unpaired) electrons. The number of hydrogen-bond acceptors (Lipinski definition) is 3. The van der Waals surface area contributed by atoms with E-state index in [2.05, 4.69) is 29.4 Å². The van der Waals surface area contributed by atoms with E-state index in [1.54, 1.807) is 4.68 Å². The average molecular weight is 221 g/mol. The number of hydrogen-bond donors (Lipinski definition) is 0. The van der Waals surface area contributed by atoms with E-state index < -0.39 is 0 Å². The van der Waals surface area contributed by atoms with Gasteiger partial charge in [-0.3, -0.25) is 4.68 Å². The molecule has 0 fully saturated rings. The van der Waals surface area contributed by atoms with E-state index >= 15 is 0 Å². The molecule has 0 aliphatic carbocycles. The standard InChI is InChI=1S/C11H15N3S/c1-3-10-6-7-11(15-10)5-4-9-8-14(2)13-12-9/h6-8H,3-5H2,1-2H3. The monoisotopic (exact) mass is 221 g/mol. The zero-order valence-electron chi connectivity index (χ0n) is 9.10. The molecule has 0 spiro atoms. The summed E-state index contributed by atoms with van der Waals surface area (Å²) in [5.74, 6) is 0. The van der Waals surface area contributed by atoms with Crippen molar-refractivity contribution in [2.75, 3.05) is 0 Å². The second-order valence-corrected chi connectivity index (χ2v) is 4.86. The van der Waals surface area contributed by atoms with Crippen LogP contribution in [0, 0.1) is 0 Å². The first-order valence-corrected chi connectivity index (χ1v) is 6.02. The van der Waals surface area contributed by atoms with Crippen LogP contribution in [0.5, 0.6) is 0 Å². The van der Waals surface area contributed by atoms with Gasteiger partial charge in [-0.25, -0.2) is 0 Å². The van der Waals surface area contributed by atoms with Gasteiger partial charge >= 0.3 is 0 Å². The van der Waals surface area contributed by atoms with E-state index in [1.807, 2.05) is 24.6 Å². The Morgan fingerprint density at radius 1 is 1.27 bits per heavy atom. The summed E-state index contributed by atoms with van der Waals surface area (Å²) in [6.07, 6.45) is 5.17. The van der Waals surface area contributed by atoms with Crippen LogP contribution in [0.15, 0.2) is 18.3 Å². The number of rotatable bonds is 4. The lowest BCUT2D eigenvalue weighted by molar-refractivity contribution is 0.713. The van der Waals surface area contributed by atoms with Gasteiger partial charge in [0.15, 0.2) is 0 Å². The van der Waals surface area contributed by atoms with E-state index in [0.29, 0.717) is 0 Å². The van der Waals surface area contributed by atoms with Crippen LogP contribution in [0.3, 0.4) is 0 Å². The van der Waals surface area contributed by atoms with Gasteiger partial charge in [0.05, 0.1) is 5.69 Å². The summed E-state index contributed by atoms with van der Waals surface area (Å²) in [6, 6.07) is 4.44. The third-order valence-electron chi connectivity index (χ3n) is 2.34. The average Bonchev–Trinajstić information content (AvgIpc) is 2.83. The molecule has 0 N–H and O–H groups in total. The molecule has 0 unspecified atom stereocenters. The summed E-state index contributed by atoms with van der Waals surface area (Å²) in [4.78, 5) is 2.90. The molecular formula is C11H15N3S. The van der Waals surface area contributed by atoms with E-state index in [0.717, 1.165) is 25.0 Å². The Morgan fingerprint density at radius 2 is 2.07 bits per heavy atom. The second-order valence-electron chi connectivity index (χ2n) is 3.61. The molecule has 0 bridgehead atoms. The highest BCUT2D eigenvalue weighted by Gasteiger charge is 2.02. The third-order valence-corrected chi connectivity index (χ3v) is 3.63. The fraction of sp³-hybridized carbons (Fsp3) is 0.455. The van der Waals surface area contributed by atoms with Crippen molar-refractivity contribution < 1.29 is 0 Å². The van der Waals surface area contributed by atoms with Crippen LogP contribution >= 0.6 is 11.3 Å². The topological polar surface area (TPSA) is 30.7 Å². The van der Waals surface area contributed by atoms with Crippen molar-refractivity contribution in [2.45, 2.75) is 26.2 Å². The molecule has 0 amide bonds. The van der Waals surface area contributed by atoms with Crippen LogP contribution < -0.4 is 0 Å². The molecule has 0 aliphatic rings. The highest BCUT2D eigenvalue weighted by Crippen LogP contribution is 2.18. The molecule has 80 valence electrons. The lowest BCUT2D eigenvalue weighted by Gasteiger charge is -1.92. The number of thiophene rings is 1. The van der Waals surface area contributed by atoms with Gasteiger partial charge in [0.2, 0.25) is 0 Å². The fourth-order valence-electron chi connectivity index (χ4n) is 1.51. The summed E-state index contributed by atoms with van der Waals surface area (Å²) in [6.45, 7) is 2.19. The molecule has 0 saturated carbocycles. The van der Waals surface area contributed by atoms with Crippen LogP contribution in [0.1, 0.15) is 22.4 Å². The van der Waals surface area contributed by atoms with Gasteiger partial charge in [-0.1, -0.05) is 12.1 Å². The van der Waals surface area contributed by atoms with Crippen LogP contribution in [0.4, 0.5) is 0 Å². The van der Waals surface area contributed by atoms with Crippen molar-refractivity contribution in [3.8, 4) is 0 Å². The molecule has 15 heavy (non-hydrogen) atoms. The van der Waals surface area contributed by atoms with Crippen molar-refractivity contribution in [2.24, 2.45) is 7.05 Å². The van der Waals surface area contributed by atoms with Crippen LogP contribution in [0.25, 0.3) is 0 Å². The molecule has 2 heterocycles. The van der Waals surface area contributed by atoms with E-state index in [9.17, 15) is 0 Å². The second kappa shape index (κ2) is 4.57. The van der Waals surface area contributed by atoms with Gasteiger partial charge in [0, 0.05) is 23.0 Å². The minimum absolute atomic E-state index is 0.984. The maximum Gasteiger partial charge on any atom is 0.0830 e. The Balaban J connectivity index is 1.93. The van der Waals surface area contributed by atoms with Crippen LogP contribution in [0.2, 0.25) is 0 Å². The molecule has 2 rings (SSSR count). The first kappa shape index (κ1) is 10.4. The van der Waals surface area contributed by atoms with Crippen molar-refractivity contribution >= 4 is 11.3 Å². The Bertz CT molecular complexity index is 430. The van der Waals surface area contributed by atoms with E-state index in [-0.39, 0.29) is 0 Å². The van der Waals surface area contributed by atoms with Gasteiger partial charge < -0.3 is 0 Å². The molecule has 2 aromatic rings. The quantitative estimate of drug-likeness (QED) is 0.792. The summed E-state index contributed by atoms with van der Waals surface area (Å²) in [5.41, 5.74) is 1.07. The number of nitrogens with zero attached hydrogens (tertiary/aromatic N) is 3. The zero-order valence-corrected chi connectivity index (χ0v) is 9.92. The molecule has 0 atom stereocenters. The molecule has 0 aromatic carbocycles. The molecule has 2 aromatic heterocycles. The third kappa shape index (κ3) is 2.65. The van der Waals surface area contributed by atoms with Gasteiger partial charge in [0.25, 0.3) is 0 Å². The summed E-state index contributed by atoms with van der Waals surface area (Å²) >= 11 is 1.90. The lowest BCUT2D eigenvalue weighted by atomic mass is 10.2. The van der Waals surface area contributed by atoms with E-state index in [1.165, 1.54) is 9.75 Å². The number of aromatic nitrogens is 3. The van der Waals surface area contributed by atoms with Gasteiger partial charge in [-0.05, 0) is 31.4 Å². The van der Waals surface area contributed by atoms with Gasteiger partial charge in [-0.2, -0.15) is 0 Å². The minimum atomic E-state index is 0.984. The van der Waals surface area contributed by atoms with Crippen molar-refractivity contribution in [1.82, 2.24) is 15.0 Å². The van der Waals surface area contributed by atoms with Crippen molar-refractivity contribution in [3.63, 3.8) is 0 Å². The van der Waals surface area contributed by atoms with Gasteiger partial charge in [-0.15, -0.1) is 16.4 Å². The predicted molar refractivity (Wildman–Crippen MR) is 62.1 cm³/mol. The summed E-state index contributed by atoms with van der Waals surface area (Å²) in [5, 5.41) is 8.00. The molecular weight excluding hydrogens is 206 g/mol. The van der Waals surface area contributed by atoms with Gasteiger partial charge in [0.1, 0.15) is 0 Å². The highest BCUT2D eigenvalue weighted by atomic mass is 32.1. The SMILES string of the molecule is CCc1ccc(CCc2cn(C)nn2)s1. The first-order chi connectivity index (χ1) is 7.28. The lowest BCUT2D eigenvalue weighted by Crippen LogP contribution is -1.88. The minimum Gasteiger partial charge on any atom is -0.255 e. The molecule has 0 aliphatic heterocycles. The fourth-order valence-corrected chi connectivity index (χ4v) is 2.47. The maximum absolute atomic E-state index is 4.08. The van der Waals surface area contributed by atoms with Crippen LogP contribution in [-0.2, 0) is 26.3 Å². The van der Waals surface area contributed by atoms with Crippen molar-refractivity contribution in [3.05, 3.63) is 33.8 Å². The highest BCUT2D eigenvalue weighted by molar-refractivity contribution is 7.11. The smallest absolute Gasteiger partial charge is 0.0830 e. The van der Waals surface area contributed by atoms with E-state index in [4.69, 9.17) is 0 Å². The van der Waals surface area contributed by atoms with Crippen LogP contribution in [-0.4, -0.2) is 15.0 Å². The molecule has 4 heteroatoms. The Labute approximate surface area is 93.7 Å². The Morgan fingerprint density at radius 3 is 2.67 bits per heavy atom. The number of aryl methyl sites for hydroxylation is 4. The Hall–Kier alpha value is -1.16. The summed E-state index contributed by atoms with van der Waals surface area (Å²) in [7, 11) is 1.90. The maximum atomic E-state index is 4.08. The summed E-state index contributed by atoms with van der Waals surface area (Å²) < 4.78 is 1.75. The predicted octanol–water partition coefficient (Wildman–Crippen LogP) is 2.22. The molecule has 0 saturated heterocycles.